The number of aromatic nitrogens is 1. The molecule has 4 aromatic rings. The van der Waals surface area contributed by atoms with Gasteiger partial charge in [0.2, 0.25) is 0 Å². The van der Waals surface area contributed by atoms with Gasteiger partial charge in [0.25, 0.3) is 0 Å². The molecule has 146 valence electrons. The number of rotatable bonds is 6. The minimum absolute atomic E-state index is 0.661. The molecule has 0 aliphatic rings. The Hall–Kier alpha value is -2.31. The lowest BCUT2D eigenvalue weighted by Gasteiger charge is -2.09. The average molecular weight is 514 g/mol. The lowest BCUT2D eigenvalue weighted by molar-refractivity contribution is 0.747. The van der Waals surface area contributed by atoms with E-state index < -0.39 is 0 Å². The quantitative estimate of drug-likeness (QED) is 0.181. The minimum Gasteiger partial charge on any atom is -0.340 e. The molecule has 3 aromatic carbocycles. The first-order valence-corrected chi connectivity index (χ1v) is 10.9. The maximum absolute atomic E-state index is 5.94. The van der Waals surface area contributed by atoms with Crippen LogP contribution in [-0.2, 0) is 13.1 Å². The van der Waals surface area contributed by atoms with Crippen molar-refractivity contribution in [3.63, 3.8) is 0 Å². The van der Waals surface area contributed by atoms with Crippen molar-refractivity contribution < 1.29 is 0 Å². The van der Waals surface area contributed by atoms with Crippen LogP contribution >= 0.6 is 34.2 Å². The van der Waals surface area contributed by atoms with Crippen LogP contribution < -0.4 is 5.43 Å². The monoisotopic (exact) mass is 513 g/mol. The van der Waals surface area contributed by atoms with Crippen molar-refractivity contribution in [2.75, 3.05) is 0 Å². The zero-order valence-corrected chi connectivity index (χ0v) is 19.0. The molecule has 0 bridgehead atoms. The molecule has 5 heteroatoms. The number of hydrazone groups is 1. The Morgan fingerprint density at radius 1 is 0.966 bits per heavy atom. The summed E-state index contributed by atoms with van der Waals surface area (Å²) in [6.45, 7) is 3.66. The molecule has 0 aliphatic carbocycles. The van der Waals surface area contributed by atoms with Crippen LogP contribution in [0.2, 0.25) is 5.02 Å². The van der Waals surface area contributed by atoms with Gasteiger partial charge in [0, 0.05) is 37.3 Å². The fraction of sp³-hybridized carbons (Fsp3) is 0.125. The van der Waals surface area contributed by atoms with Crippen LogP contribution in [0.1, 0.15) is 22.4 Å². The number of para-hydroxylation sites is 1. The first-order chi connectivity index (χ1) is 14.1. The molecule has 0 aliphatic heterocycles. The Morgan fingerprint density at radius 3 is 2.41 bits per heavy atom. The second-order valence-electron chi connectivity index (χ2n) is 6.95. The van der Waals surface area contributed by atoms with E-state index in [1.807, 2.05) is 30.5 Å². The Balaban J connectivity index is 1.58. The smallest absolute Gasteiger partial charge is 0.0580 e. The van der Waals surface area contributed by atoms with Gasteiger partial charge in [-0.2, -0.15) is 5.10 Å². The number of benzene rings is 3. The molecule has 4 rings (SSSR count). The minimum atomic E-state index is 0.661. The van der Waals surface area contributed by atoms with E-state index in [1.165, 1.54) is 25.7 Å². The van der Waals surface area contributed by atoms with Gasteiger partial charge in [-0.05, 0) is 71.0 Å². The van der Waals surface area contributed by atoms with Crippen molar-refractivity contribution in [1.82, 2.24) is 9.99 Å². The van der Waals surface area contributed by atoms with Gasteiger partial charge in [-0.3, -0.25) is 0 Å². The number of nitrogens with zero attached hydrogens (tertiary/aromatic N) is 2. The fourth-order valence-electron chi connectivity index (χ4n) is 3.45. The largest absolute Gasteiger partial charge is 0.340 e. The molecule has 29 heavy (non-hydrogen) atoms. The fourth-order valence-corrected chi connectivity index (χ4v) is 3.93. The molecule has 0 spiro atoms. The van der Waals surface area contributed by atoms with Gasteiger partial charge in [0.15, 0.2) is 0 Å². The number of hydrogen-bond acceptors (Lipinski definition) is 2. The second kappa shape index (κ2) is 9.01. The summed E-state index contributed by atoms with van der Waals surface area (Å²) < 4.78 is 3.61. The van der Waals surface area contributed by atoms with Gasteiger partial charge in [-0.15, -0.1) is 0 Å². The first kappa shape index (κ1) is 20.0. The molecule has 3 nitrogen and oxygen atoms in total. The van der Waals surface area contributed by atoms with Crippen molar-refractivity contribution in [2.45, 2.75) is 20.0 Å². The molecular weight excluding hydrogens is 493 g/mol. The van der Waals surface area contributed by atoms with E-state index in [0.717, 1.165) is 22.7 Å². The van der Waals surface area contributed by atoms with E-state index in [0.29, 0.717) is 6.54 Å². The first-order valence-electron chi connectivity index (χ1n) is 9.44. The van der Waals surface area contributed by atoms with Crippen molar-refractivity contribution in [2.24, 2.45) is 5.10 Å². The van der Waals surface area contributed by atoms with Gasteiger partial charge in [0.05, 0.1) is 12.8 Å². The molecule has 1 heterocycles. The molecule has 0 saturated heterocycles. The third-order valence-electron chi connectivity index (χ3n) is 5.02. The SMILES string of the molecule is Cc1c(/C=N\NCc2ccc(Cl)cc2)c2ccccc2n1Cc1ccc(I)cc1. The van der Waals surface area contributed by atoms with E-state index in [9.17, 15) is 0 Å². The van der Waals surface area contributed by atoms with E-state index >= 15 is 0 Å². The topological polar surface area (TPSA) is 29.3 Å². The van der Waals surface area contributed by atoms with Crippen LogP contribution in [0.5, 0.6) is 0 Å². The summed E-state index contributed by atoms with van der Waals surface area (Å²) in [4.78, 5) is 0. The Labute approximate surface area is 189 Å². The van der Waals surface area contributed by atoms with Crippen LogP contribution in [-0.4, -0.2) is 10.8 Å². The number of fused-ring (bicyclic) bond motifs is 1. The summed E-state index contributed by atoms with van der Waals surface area (Å²) in [5.41, 5.74) is 9.16. The number of nitrogens with one attached hydrogen (secondary N) is 1. The summed E-state index contributed by atoms with van der Waals surface area (Å²) >= 11 is 8.28. The van der Waals surface area contributed by atoms with Gasteiger partial charge >= 0.3 is 0 Å². The van der Waals surface area contributed by atoms with Crippen LogP contribution in [0.15, 0.2) is 77.9 Å². The number of halogens is 2. The Bertz CT molecular complexity index is 1150. The predicted octanol–water partition coefficient (Wildman–Crippen LogP) is 6.38. The van der Waals surface area contributed by atoms with E-state index in [4.69, 9.17) is 11.6 Å². The molecule has 0 radical (unpaired) electrons. The highest BCUT2D eigenvalue weighted by Gasteiger charge is 2.12. The molecule has 0 saturated carbocycles. The number of hydrogen-bond donors (Lipinski definition) is 1. The lowest BCUT2D eigenvalue weighted by atomic mass is 10.1. The normalized spacial score (nSPS) is 11.4. The van der Waals surface area contributed by atoms with Crippen molar-refractivity contribution in [1.29, 1.82) is 0 Å². The highest BCUT2D eigenvalue weighted by Crippen LogP contribution is 2.25. The van der Waals surface area contributed by atoms with E-state index in [1.54, 1.807) is 0 Å². The van der Waals surface area contributed by atoms with Crippen LogP contribution in [0.3, 0.4) is 0 Å². The second-order valence-corrected chi connectivity index (χ2v) is 8.63. The van der Waals surface area contributed by atoms with Gasteiger partial charge < -0.3 is 9.99 Å². The summed E-state index contributed by atoms with van der Waals surface area (Å²) in [6, 6.07) is 25.0. The summed E-state index contributed by atoms with van der Waals surface area (Å²) in [7, 11) is 0. The van der Waals surface area contributed by atoms with E-state index in [-0.39, 0.29) is 0 Å². The Kier molecular flexibility index (Phi) is 6.21. The molecule has 0 unspecified atom stereocenters. The molecule has 0 atom stereocenters. The molecule has 0 amide bonds. The van der Waals surface area contributed by atoms with Crippen molar-refractivity contribution in [3.8, 4) is 0 Å². The van der Waals surface area contributed by atoms with Crippen LogP contribution in [0.25, 0.3) is 10.9 Å². The van der Waals surface area contributed by atoms with Gasteiger partial charge in [-0.25, -0.2) is 0 Å². The van der Waals surface area contributed by atoms with Crippen LogP contribution in [0, 0.1) is 10.5 Å². The van der Waals surface area contributed by atoms with Crippen LogP contribution in [0.4, 0.5) is 0 Å². The summed E-state index contributed by atoms with van der Waals surface area (Å²) in [6.07, 6.45) is 1.93. The molecule has 0 fully saturated rings. The average Bonchev–Trinajstić information content (AvgIpc) is 3.00. The van der Waals surface area contributed by atoms with Gasteiger partial charge in [-0.1, -0.05) is 54.1 Å². The molecule has 1 N–H and O–H groups in total. The zero-order valence-electron chi connectivity index (χ0n) is 16.1. The highest BCUT2D eigenvalue weighted by molar-refractivity contribution is 14.1. The molecular formula is C24H21ClIN3. The van der Waals surface area contributed by atoms with Crippen molar-refractivity contribution in [3.05, 3.63) is 104 Å². The van der Waals surface area contributed by atoms with Crippen molar-refractivity contribution >= 4 is 51.3 Å². The van der Waals surface area contributed by atoms with Gasteiger partial charge in [0.1, 0.15) is 0 Å². The Morgan fingerprint density at radius 2 is 1.66 bits per heavy atom. The summed E-state index contributed by atoms with van der Waals surface area (Å²) in [5.74, 6) is 0. The van der Waals surface area contributed by atoms with E-state index in [2.05, 4.69) is 93.1 Å². The third-order valence-corrected chi connectivity index (χ3v) is 5.99. The highest BCUT2D eigenvalue weighted by atomic mass is 127. The maximum Gasteiger partial charge on any atom is 0.0580 e. The predicted molar refractivity (Wildman–Crippen MR) is 131 cm³/mol. The molecule has 1 aromatic heterocycles. The lowest BCUT2D eigenvalue weighted by Crippen LogP contribution is -2.06. The zero-order chi connectivity index (χ0) is 20.2. The standard InChI is InChI=1S/C24H21ClIN3/c1-17-23(15-28-27-14-18-6-10-20(25)11-7-18)22-4-2-3-5-24(22)29(17)16-19-8-12-21(26)13-9-19/h2-13,15,27H,14,16H2,1H3/b28-15-. The third kappa shape index (κ3) is 4.65. The maximum atomic E-state index is 5.94. The summed E-state index contributed by atoms with van der Waals surface area (Å²) in [5, 5.41) is 6.44.